The number of benzene rings is 7. The van der Waals surface area contributed by atoms with Gasteiger partial charge in [0.1, 0.15) is 11.5 Å². The monoisotopic (exact) mass is 618 g/mol. The molecule has 1 aliphatic heterocycles. The van der Waals surface area contributed by atoms with E-state index in [1.54, 1.807) is 0 Å². The van der Waals surface area contributed by atoms with Crippen LogP contribution in [0.25, 0.3) is 42.8 Å². The van der Waals surface area contributed by atoms with Gasteiger partial charge in [0.05, 0.1) is 5.41 Å². The average molecular weight is 619 g/mol. The van der Waals surface area contributed by atoms with E-state index in [4.69, 9.17) is 4.74 Å². The lowest BCUT2D eigenvalue weighted by atomic mass is 9.63. The molecule has 8 aromatic rings. The summed E-state index contributed by atoms with van der Waals surface area (Å²) < 4.78 is 6.75. The van der Waals surface area contributed by atoms with Gasteiger partial charge in [0.15, 0.2) is 0 Å². The molecule has 7 aromatic carbocycles. The summed E-state index contributed by atoms with van der Waals surface area (Å²) >= 11 is 1.83. The van der Waals surface area contributed by atoms with E-state index in [0.717, 1.165) is 28.2 Å². The van der Waals surface area contributed by atoms with Crippen LogP contribution in [0.1, 0.15) is 22.3 Å². The summed E-state index contributed by atoms with van der Waals surface area (Å²) in [6, 6.07) is 65.4. The molecule has 0 saturated heterocycles. The van der Waals surface area contributed by atoms with Crippen LogP contribution in [0.5, 0.6) is 11.5 Å². The third-order valence-electron chi connectivity index (χ3n) is 9.47. The molecule has 222 valence electrons. The average Bonchev–Trinajstić information content (AvgIpc) is 3.65. The normalized spacial score (nSPS) is 13.0. The molecule has 0 saturated carbocycles. The molecule has 1 nitrogen and oxygen atoms in total. The van der Waals surface area contributed by atoms with Crippen molar-refractivity contribution < 1.29 is 4.74 Å². The topological polar surface area (TPSA) is 9.23 Å². The van der Waals surface area contributed by atoms with Crippen molar-refractivity contribution in [2.45, 2.75) is 5.41 Å². The highest BCUT2D eigenvalue weighted by Gasteiger charge is 2.45. The second-order valence-electron chi connectivity index (χ2n) is 12.0. The minimum Gasteiger partial charge on any atom is -0.457 e. The Kier molecular flexibility index (Phi) is 6.62. The first-order chi connectivity index (χ1) is 23.3. The molecule has 1 aromatic heterocycles. The van der Waals surface area contributed by atoms with E-state index in [-0.39, 0.29) is 0 Å². The molecular weight excluding hydrogens is 589 g/mol. The highest BCUT2D eigenvalue weighted by molar-refractivity contribution is 7.18. The van der Waals surface area contributed by atoms with E-state index in [1.807, 2.05) is 11.3 Å². The smallest absolute Gasteiger partial charge is 0.132 e. The Labute approximate surface area is 279 Å². The molecule has 0 radical (unpaired) electrons. The van der Waals surface area contributed by atoms with Gasteiger partial charge in [-0.3, -0.25) is 0 Å². The number of rotatable bonds is 5. The molecule has 47 heavy (non-hydrogen) atoms. The molecule has 1 aliphatic rings. The standard InChI is InChI=1S/C45H30OS/c1-3-16-33(17-4-1)45(34-18-5-2-6-19-34)39-24-11-12-25-41(39)46-42-30-32(26-27-40(42)45)43-28-29-44(47-43)38-22-10-9-21-37(38)36-23-13-15-31-14-7-8-20-35(31)36/h1-30H. The van der Waals surface area contributed by atoms with Crippen molar-refractivity contribution in [1.82, 2.24) is 0 Å². The van der Waals surface area contributed by atoms with Gasteiger partial charge in [0, 0.05) is 20.9 Å². The number of ether oxygens (including phenoxy) is 1. The first-order valence-corrected chi connectivity index (χ1v) is 16.8. The maximum atomic E-state index is 6.75. The number of fused-ring (bicyclic) bond motifs is 3. The molecule has 0 fully saturated rings. The van der Waals surface area contributed by atoms with E-state index in [9.17, 15) is 0 Å². The summed E-state index contributed by atoms with van der Waals surface area (Å²) in [6.45, 7) is 0. The second kappa shape index (κ2) is 11.3. The van der Waals surface area contributed by atoms with E-state index < -0.39 is 5.41 Å². The molecule has 2 heteroatoms. The summed E-state index contributed by atoms with van der Waals surface area (Å²) in [5.74, 6) is 1.78. The Bertz CT molecular complexity index is 2340. The summed E-state index contributed by atoms with van der Waals surface area (Å²) in [7, 11) is 0. The first kappa shape index (κ1) is 27.6. The van der Waals surface area contributed by atoms with Crippen molar-refractivity contribution in [1.29, 1.82) is 0 Å². The van der Waals surface area contributed by atoms with Gasteiger partial charge >= 0.3 is 0 Å². The predicted molar refractivity (Wildman–Crippen MR) is 197 cm³/mol. The van der Waals surface area contributed by atoms with Gasteiger partial charge in [0.25, 0.3) is 0 Å². The third-order valence-corrected chi connectivity index (χ3v) is 10.6. The van der Waals surface area contributed by atoms with Crippen molar-refractivity contribution in [2.24, 2.45) is 0 Å². The fraction of sp³-hybridized carbons (Fsp3) is 0.0222. The lowest BCUT2D eigenvalue weighted by molar-refractivity contribution is 0.435. The van der Waals surface area contributed by atoms with Crippen LogP contribution in [0.15, 0.2) is 182 Å². The van der Waals surface area contributed by atoms with Crippen LogP contribution in [0.3, 0.4) is 0 Å². The van der Waals surface area contributed by atoms with Crippen molar-refractivity contribution in [3.8, 4) is 43.5 Å². The Morgan fingerprint density at radius 1 is 0.404 bits per heavy atom. The number of para-hydroxylation sites is 1. The first-order valence-electron chi connectivity index (χ1n) is 16.0. The Hall–Kier alpha value is -5.70. The largest absolute Gasteiger partial charge is 0.457 e. The molecule has 0 amide bonds. The maximum Gasteiger partial charge on any atom is 0.132 e. The lowest BCUT2D eigenvalue weighted by Crippen LogP contribution is -2.34. The maximum absolute atomic E-state index is 6.75. The van der Waals surface area contributed by atoms with Crippen molar-refractivity contribution in [3.05, 3.63) is 204 Å². The molecule has 0 unspecified atom stereocenters. The summed E-state index contributed by atoms with van der Waals surface area (Å²) in [5, 5.41) is 2.52. The van der Waals surface area contributed by atoms with Crippen LogP contribution in [0, 0.1) is 0 Å². The lowest BCUT2D eigenvalue weighted by Gasteiger charge is -2.41. The van der Waals surface area contributed by atoms with Gasteiger partial charge in [-0.05, 0) is 68.4 Å². The number of hydrogen-bond donors (Lipinski definition) is 0. The Morgan fingerprint density at radius 2 is 1.00 bits per heavy atom. The molecule has 0 aliphatic carbocycles. The zero-order valence-corrected chi connectivity index (χ0v) is 26.5. The molecule has 0 bridgehead atoms. The van der Waals surface area contributed by atoms with E-state index >= 15 is 0 Å². The zero-order chi connectivity index (χ0) is 31.2. The fourth-order valence-electron chi connectivity index (χ4n) is 7.39. The van der Waals surface area contributed by atoms with Gasteiger partial charge in [-0.1, -0.05) is 158 Å². The number of thiophene rings is 1. The fourth-order valence-corrected chi connectivity index (χ4v) is 8.44. The summed E-state index contributed by atoms with van der Waals surface area (Å²) in [6.07, 6.45) is 0. The van der Waals surface area contributed by atoms with Gasteiger partial charge in [-0.2, -0.15) is 0 Å². The van der Waals surface area contributed by atoms with Gasteiger partial charge in [0.2, 0.25) is 0 Å². The van der Waals surface area contributed by atoms with Crippen molar-refractivity contribution >= 4 is 22.1 Å². The zero-order valence-electron chi connectivity index (χ0n) is 25.6. The molecule has 0 atom stereocenters. The van der Waals surface area contributed by atoms with Gasteiger partial charge in [-0.15, -0.1) is 11.3 Å². The molecule has 0 spiro atoms. The third kappa shape index (κ3) is 4.45. The van der Waals surface area contributed by atoms with Gasteiger partial charge < -0.3 is 4.74 Å². The highest BCUT2D eigenvalue weighted by atomic mass is 32.1. The van der Waals surface area contributed by atoms with Crippen molar-refractivity contribution in [2.75, 3.05) is 0 Å². The van der Waals surface area contributed by atoms with Crippen LogP contribution >= 0.6 is 11.3 Å². The molecule has 2 heterocycles. The summed E-state index contributed by atoms with van der Waals surface area (Å²) in [5.41, 5.74) is 9.14. The highest BCUT2D eigenvalue weighted by Crippen LogP contribution is 2.56. The minimum absolute atomic E-state index is 0.511. The molecule has 9 rings (SSSR count). The van der Waals surface area contributed by atoms with E-state index in [0.29, 0.717) is 0 Å². The minimum atomic E-state index is -0.511. The summed E-state index contributed by atoms with van der Waals surface area (Å²) in [4.78, 5) is 2.46. The van der Waals surface area contributed by atoms with Crippen LogP contribution in [0.2, 0.25) is 0 Å². The Balaban J connectivity index is 1.18. The van der Waals surface area contributed by atoms with Gasteiger partial charge in [-0.25, -0.2) is 0 Å². The molecular formula is C45H30OS. The Morgan fingerprint density at radius 3 is 1.81 bits per heavy atom. The van der Waals surface area contributed by atoms with Crippen molar-refractivity contribution in [3.63, 3.8) is 0 Å². The van der Waals surface area contributed by atoms with E-state index in [2.05, 4.69) is 182 Å². The predicted octanol–water partition coefficient (Wildman–Crippen LogP) is 12.4. The van der Waals surface area contributed by atoms with Crippen LogP contribution in [-0.2, 0) is 5.41 Å². The second-order valence-corrected chi connectivity index (χ2v) is 13.1. The van der Waals surface area contributed by atoms with E-state index in [1.165, 1.54) is 48.3 Å². The number of hydrogen-bond acceptors (Lipinski definition) is 2. The molecule has 0 N–H and O–H groups in total. The van der Waals surface area contributed by atoms with Crippen LogP contribution in [-0.4, -0.2) is 0 Å². The SMILES string of the molecule is c1ccc(C2(c3ccccc3)c3ccccc3Oc3cc(-c4ccc(-c5ccccc5-c5cccc6ccccc56)s4)ccc32)cc1. The quantitative estimate of drug-likeness (QED) is 0.186. The van der Waals surface area contributed by atoms with Crippen LogP contribution in [0.4, 0.5) is 0 Å². The van der Waals surface area contributed by atoms with Crippen LogP contribution < -0.4 is 4.74 Å².